The van der Waals surface area contributed by atoms with Gasteiger partial charge < -0.3 is 10.2 Å². The van der Waals surface area contributed by atoms with Gasteiger partial charge in [-0.2, -0.15) is 0 Å². The first-order chi connectivity index (χ1) is 8.61. The number of nitrogens with zero attached hydrogens (tertiary/aromatic N) is 1. The van der Waals surface area contributed by atoms with Crippen molar-refractivity contribution in [1.29, 1.82) is 0 Å². The lowest BCUT2D eigenvalue weighted by Gasteiger charge is -2.17. The van der Waals surface area contributed by atoms with E-state index in [4.69, 9.17) is 0 Å². The molecule has 1 N–H and O–H groups in total. The summed E-state index contributed by atoms with van der Waals surface area (Å²) in [7, 11) is 1.96. The van der Waals surface area contributed by atoms with E-state index in [1.54, 1.807) is 0 Å². The summed E-state index contributed by atoms with van der Waals surface area (Å²) in [5, 5.41) is 3.18. The number of hydrogen-bond acceptors (Lipinski definition) is 2. The molecule has 19 heavy (non-hydrogen) atoms. The number of amides is 1. The van der Waals surface area contributed by atoms with Crippen LogP contribution in [0.1, 0.15) is 22.3 Å². The maximum atomic E-state index is 12.3. The maximum Gasteiger partial charge on any atom is 0.253 e. The summed E-state index contributed by atoms with van der Waals surface area (Å²) < 4.78 is 0.999. The fourth-order valence-corrected chi connectivity index (χ4v) is 2.76. The van der Waals surface area contributed by atoms with Crippen LogP contribution < -0.4 is 5.32 Å². The van der Waals surface area contributed by atoms with E-state index in [0.717, 1.165) is 41.7 Å². The highest BCUT2D eigenvalue weighted by atomic mass is 79.9. The molecule has 1 fully saturated rings. The molecule has 0 saturated carbocycles. The van der Waals surface area contributed by atoms with E-state index in [-0.39, 0.29) is 18.3 Å². The average Bonchev–Trinajstić information content (AvgIpc) is 2.81. The number of likely N-dealkylation sites (tertiary alicyclic amines) is 1. The lowest BCUT2D eigenvalue weighted by atomic mass is 10.1. The molecule has 0 bridgehead atoms. The van der Waals surface area contributed by atoms with Gasteiger partial charge in [0.2, 0.25) is 0 Å². The van der Waals surface area contributed by atoms with Crippen LogP contribution in [-0.2, 0) is 0 Å². The minimum atomic E-state index is 0. The van der Waals surface area contributed by atoms with Crippen molar-refractivity contribution in [3.63, 3.8) is 0 Å². The fourth-order valence-electron chi connectivity index (χ4n) is 2.38. The number of carbonyl (C=O) groups is 1. The molecule has 5 heteroatoms. The van der Waals surface area contributed by atoms with E-state index in [9.17, 15) is 4.79 Å². The van der Waals surface area contributed by atoms with Crippen molar-refractivity contribution in [2.45, 2.75) is 13.3 Å². The van der Waals surface area contributed by atoms with E-state index in [0.29, 0.717) is 5.92 Å². The van der Waals surface area contributed by atoms with Gasteiger partial charge in [-0.3, -0.25) is 4.79 Å². The Morgan fingerprint density at radius 1 is 1.53 bits per heavy atom. The summed E-state index contributed by atoms with van der Waals surface area (Å²) in [5.41, 5.74) is 1.93. The van der Waals surface area contributed by atoms with Crippen LogP contribution in [0.2, 0.25) is 0 Å². The van der Waals surface area contributed by atoms with Gasteiger partial charge in [-0.05, 0) is 50.6 Å². The zero-order valence-corrected chi connectivity index (χ0v) is 13.7. The molecule has 3 nitrogen and oxygen atoms in total. The summed E-state index contributed by atoms with van der Waals surface area (Å²) in [6.07, 6.45) is 1.10. The third kappa shape index (κ3) is 3.94. The first kappa shape index (κ1) is 16.5. The lowest BCUT2D eigenvalue weighted by molar-refractivity contribution is 0.0787. The maximum absolute atomic E-state index is 12.3. The van der Waals surface area contributed by atoms with E-state index in [1.807, 2.05) is 37.1 Å². The number of halogens is 2. The SMILES string of the molecule is CNCC1CCN(C(=O)c2ccc(C)c(Br)c2)C1.Cl. The molecule has 1 aliphatic rings. The summed E-state index contributed by atoms with van der Waals surface area (Å²) >= 11 is 3.48. The van der Waals surface area contributed by atoms with Crippen LogP contribution in [0.4, 0.5) is 0 Å². The van der Waals surface area contributed by atoms with Gasteiger partial charge in [0.15, 0.2) is 0 Å². The molecule has 0 aliphatic carbocycles. The first-order valence-corrected chi connectivity index (χ1v) is 7.11. The molecule has 1 aromatic carbocycles. The van der Waals surface area contributed by atoms with Gasteiger partial charge in [0.1, 0.15) is 0 Å². The third-order valence-electron chi connectivity index (χ3n) is 3.48. The Hall–Kier alpha value is -0.580. The summed E-state index contributed by atoms with van der Waals surface area (Å²) in [4.78, 5) is 14.3. The molecule has 0 spiro atoms. The molecule has 1 amide bonds. The number of hydrogen-bond donors (Lipinski definition) is 1. The highest BCUT2D eigenvalue weighted by Crippen LogP contribution is 2.22. The molecule has 1 saturated heterocycles. The molecular weight excluding hydrogens is 328 g/mol. The molecule has 1 aliphatic heterocycles. The van der Waals surface area contributed by atoms with Crippen molar-refractivity contribution in [2.75, 3.05) is 26.7 Å². The normalized spacial score (nSPS) is 18.3. The molecule has 1 atom stereocenters. The Bertz CT molecular complexity index is 453. The average molecular weight is 348 g/mol. The molecular formula is C14H20BrClN2O. The molecule has 2 rings (SSSR count). The molecule has 1 aromatic rings. The van der Waals surface area contributed by atoms with Crippen molar-refractivity contribution >= 4 is 34.2 Å². The predicted octanol–water partition coefficient (Wildman–Crippen LogP) is 2.86. The van der Waals surface area contributed by atoms with Gasteiger partial charge in [0, 0.05) is 23.1 Å². The van der Waals surface area contributed by atoms with Crippen LogP contribution in [0.5, 0.6) is 0 Å². The zero-order valence-electron chi connectivity index (χ0n) is 11.3. The minimum absolute atomic E-state index is 0. The Kier molecular flexibility index (Phi) is 6.30. The minimum Gasteiger partial charge on any atom is -0.338 e. The first-order valence-electron chi connectivity index (χ1n) is 6.32. The Morgan fingerprint density at radius 2 is 2.26 bits per heavy atom. The van der Waals surface area contributed by atoms with Gasteiger partial charge in [-0.1, -0.05) is 22.0 Å². The third-order valence-corrected chi connectivity index (χ3v) is 4.34. The highest BCUT2D eigenvalue weighted by Gasteiger charge is 2.26. The molecule has 1 unspecified atom stereocenters. The molecule has 0 radical (unpaired) electrons. The molecule has 0 aromatic heterocycles. The van der Waals surface area contributed by atoms with Crippen LogP contribution >= 0.6 is 28.3 Å². The van der Waals surface area contributed by atoms with E-state index >= 15 is 0 Å². The Labute approximate surface area is 129 Å². The number of carbonyl (C=O) groups excluding carboxylic acids is 1. The quantitative estimate of drug-likeness (QED) is 0.912. The van der Waals surface area contributed by atoms with Gasteiger partial charge in [0.05, 0.1) is 0 Å². The topological polar surface area (TPSA) is 32.3 Å². The van der Waals surface area contributed by atoms with Crippen LogP contribution in [-0.4, -0.2) is 37.5 Å². The number of rotatable bonds is 3. The van der Waals surface area contributed by atoms with Crippen molar-refractivity contribution < 1.29 is 4.79 Å². The van der Waals surface area contributed by atoms with Crippen molar-refractivity contribution in [1.82, 2.24) is 10.2 Å². The highest BCUT2D eigenvalue weighted by molar-refractivity contribution is 9.10. The monoisotopic (exact) mass is 346 g/mol. The summed E-state index contributed by atoms with van der Waals surface area (Å²) in [5.74, 6) is 0.738. The van der Waals surface area contributed by atoms with Crippen molar-refractivity contribution in [2.24, 2.45) is 5.92 Å². The van der Waals surface area contributed by atoms with Gasteiger partial charge in [-0.25, -0.2) is 0 Å². The predicted molar refractivity (Wildman–Crippen MR) is 84.1 cm³/mol. The lowest BCUT2D eigenvalue weighted by Crippen LogP contribution is -2.30. The second-order valence-electron chi connectivity index (χ2n) is 4.93. The summed E-state index contributed by atoms with van der Waals surface area (Å²) in [6, 6.07) is 5.81. The van der Waals surface area contributed by atoms with Crippen LogP contribution in [0.3, 0.4) is 0 Å². The Balaban J connectivity index is 0.00000180. The van der Waals surface area contributed by atoms with E-state index < -0.39 is 0 Å². The largest absolute Gasteiger partial charge is 0.338 e. The number of aryl methyl sites for hydroxylation is 1. The smallest absolute Gasteiger partial charge is 0.253 e. The van der Waals surface area contributed by atoms with E-state index in [1.165, 1.54) is 0 Å². The van der Waals surface area contributed by atoms with Crippen molar-refractivity contribution in [3.05, 3.63) is 33.8 Å². The van der Waals surface area contributed by atoms with E-state index in [2.05, 4.69) is 21.2 Å². The van der Waals surface area contributed by atoms with Crippen LogP contribution in [0.15, 0.2) is 22.7 Å². The standard InChI is InChI=1S/C14H19BrN2O.ClH/c1-10-3-4-12(7-13(10)15)14(18)17-6-5-11(9-17)8-16-2;/h3-4,7,11,16H,5-6,8-9H2,1-2H3;1H. The fraction of sp³-hybridized carbons (Fsp3) is 0.500. The van der Waals surface area contributed by atoms with Crippen LogP contribution in [0, 0.1) is 12.8 Å². The van der Waals surface area contributed by atoms with Crippen molar-refractivity contribution in [3.8, 4) is 0 Å². The summed E-state index contributed by atoms with van der Waals surface area (Å²) in [6.45, 7) is 4.75. The van der Waals surface area contributed by atoms with Gasteiger partial charge in [-0.15, -0.1) is 12.4 Å². The Morgan fingerprint density at radius 3 is 2.89 bits per heavy atom. The molecule has 106 valence electrons. The number of benzene rings is 1. The number of nitrogens with one attached hydrogen (secondary N) is 1. The van der Waals surface area contributed by atoms with Gasteiger partial charge in [0.25, 0.3) is 5.91 Å². The second-order valence-corrected chi connectivity index (χ2v) is 5.78. The van der Waals surface area contributed by atoms with Crippen LogP contribution in [0.25, 0.3) is 0 Å². The molecule has 1 heterocycles. The van der Waals surface area contributed by atoms with Gasteiger partial charge >= 0.3 is 0 Å². The zero-order chi connectivity index (χ0) is 13.1. The second kappa shape index (κ2) is 7.27.